The summed E-state index contributed by atoms with van der Waals surface area (Å²) in [7, 11) is 1.56. The first-order chi connectivity index (χ1) is 13.2. The Morgan fingerprint density at radius 3 is 2.74 bits per heavy atom. The molecule has 1 aliphatic carbocycles. The van der Waals surface area contributed by atoms with Crippen LogP contribution in [0.5, 0.6) is 17.4 Å². The van der Waals surface area contributed by atoms with Crippen molar-refractivity contribution in [2.45, 2.75) is 45.3 Å². The van der Waals surface area contributed by atoms with Gasteiger partial charge in [0, 0.05) is 24.4 Å². The second-order valence-electron chi connectivity index (χ2n) is 6.51. The van der Waals surface area contributed by atoms with Gasteiger partial charge in [0.25, 0.3) is 5.91 Å². The molecule has 3 rings (SSSR count). The predicted molar refractivity (Wildman–Crippen MR) is 102 cm³/mol. The number of rotatable bonds is 8. The number of nitrogens with zero attached hydrogens (tertiary/aromatic N) is 1. The first-order valence-corrected chi connectivity index (χ1v) is 9.40. The van der Waals surface area contributed by atoms with Crippen LogP contribution in [-0.2, 0) is 6.54 Å². The van der Waals surface area contributed by atoms with Gasteiger partial charge in [-0.2, -0.15) is 0 Å². The van der Waals surface area contributed by atoms with Crippen molar-refractivity contribution >= 4 is 5.91 Å². The van der Waals surface area contributed by atoms with Crippen molar-refractivity contribution in [1.82, 2.24) is 10.3 Å². The fraction of sp³-hybridized carbons (Fsp3) is 0.429. The number of carbonyl (C=O) groups excluding carboxylic acids is 1. The second-order valence-corrected chi connectivity index (χ2v) is 6.51. The topological polar surface area (TPSA) is 69.7 Å². The zero-order valence-electron chi connectivity index (χ0n) is 15.9. The second kappa shape index (κ2) is 9.26. The van der Waals surface area contributed by atoms with Gasteiger partial charge in [-0.15, -0.1) is 0 Å². The van der Waals surface area contributed by atoms with Crippen LogP contribution >= 0.6 is 0 Å². The van der Waals surface area contributed by atoms with Crippen LogP contribution in [0.25, 0.3) is 0 Å². The number of aromatic nitrogens is 1. The number of amides is 1. The number of methoxy groups -OCH3 is 1. The van der Waals surface area contributed by atoms with Crippen molar-refractivity contribution in [2.75, 3.05) is 13.7 Å². The first kappa shape index (κ1) is 19.0. The average molecular weight is 370 g/mol. The molecule has 0 bridgehead atoms. The van der Waals surface area contributed by atoms with E-state index in [9.17, 15) is 4.79 Å². The number of ether oxygens (including phenoxy) is 3. The van der Waals surface area contributed by atoms with Gasteiger partial charge in [-0.3, -0.25) is 4.79 Å². The Labute approximate surface area is 159 Å². The molecule has 0 atom stereocenters. The summed E-state index contributed by atoms with van der Waals surface area (Å²) in [5.41, 5.74) is 1.47. The van der Waals surface area contributed by atoms with Crippen LogP contribution in [0.2, 0.25) is 0 Å². The maximum Gasteiger partial charge on any atom is 0.251 e. The Morgan fingerprint density at radius 1 is 1.19 bits per heavy atom. The van der Waals surface area contributed by atoms with Gasteiger partial charge < -0.3 is 19.5 Å². The van der Waals surface area contributed by atoms with Crippen LogP contribution in [0.15, 0.2) is 36.5 Å². The molecule has 27 heavy (non-hydrogen) atoms. The summed E-state index contributed by atoms with van der Waals surface area (Å²) in [6.07, 6.45) is 6.58. The molecule has 1 aliphatic rings. The molecule has 0 saturated heterocycles. The minimum absolute atomic E-state index is 0.175. The van der Waals surface area contributed by atoms with E-state index >= 15 is 0 Å². The molecule has 1 heterocycles. The van der Waals surface area contributed by atoms with E-state index in [0.29, 0.717) is 36.1 Å². The maximum absolute atomic E-state index is 12.5. The third-order valence-corrected chi connectivity index (χ3v) is 4.57. The summed E-state index contributed by atoms with van der Waals surface area (Å²) in [6, 6.07) is 8.92. The Balaban J connectivity index is 1.60. The molecule has 0 unspecified atom stereocenters. The summed E-state index contributed by atoms with van der Waals surface area (Å²) < 4.78 is 16.7. The van der Waals surface area contributed by atoms with Crippen molar-refractivity contribution in [1.29, 1.82) is 0 Å². The van der Waals surface area contributed by atoms with Gasteiger partial charge in [-0.1, -0.05) is 0 Å². The molecule has 0 spiro atoms. The minimum Gasteiger partial charge on any atom is -0.493 e. The zero-order chi connectivity index (χ0) is 19.1. The summed E-state index contributed by atoms with van der Waals surface area (Å²) in [5, 5.41) is 2.92. The molecule has 144 valence electrons. The van der Waals surface area contributed by atoms with Crippen molar-refractivity contribution in [3.05, 3.63) is 47.7 Å². The van der Waals surface area contributed by atoms with Crippen LogP contribution in [-0.4, -0.2) is 30.7 Å². The van der Waals surface area contributed by atoms with E-state index in [-0.39, 0.29) is 12.0 Å². The highest BCUT2D eigenvalue weighted by atomic mass is 16.5. The summed E-state index contributed by atoms with van der Waals surface area (Å²) in [5.74, 6) is 1.61. The molecule has 6 nitrogen and oxygen atoms in total. The fourth-order valence-electron chi connectivity index (χ4n) is 3.17. The van der Waals surface area contributed by atoms with Crippen molar-refractivity contribution in [3.63, 3.8) is 0 Å². The van der Waals surface area contributed by atoms with Gasteiger partial charge in [0.15, 0.2) is 11.5 Å². The lowest BCUT2D eigenvalue weighted by atomic mass is 10.1. The van der Waals surface area contributed by atoms with Crippen molar-refractivity contribution in [2.24, 2.45) is 0 Å². The van der Waals surface area contributed by atoms with Gasteiger partial charge in [0.2, 0.25) is 5.88 Å². The molecule has 1 aromatic carbocycles. The van der Waals surface area contributed by atoms with Gasteiger partial charge in [-0.05, 0) is 62.4 Å². The van der Waals surface area contributed by atoms with E-state index in [4.69, 9.17) is 14.2 Å². The Hall–Kier alpha value is -2.76. The Kier molecular flexibility index (Phi) is 6.52. The SMILES string of the molecule is CCOc1ccc(C(=O)NCc2ccnc(OC3CCCC3)c2)cc1OC. The number of nitrogens with one attached hydrogen (secondary N) is 1. The molecule has 2 aromatic rings. The predicted octanol–water partition coefficient (Wildman–Crippen LogP) is 3.74. The number of benzene rings is 1. The summed E-state index contributed by atoms with van der Waals surface area (Å²) in [6.45, 7) is 2.84. The molecule has 1 amide bonds. The van der Waals surface area contributed by atoms with E-state index in [1.165, 1.54) is 12.8 Å². The van der Waals surface area contributed by atoms with Crippen LogP contribution < -0.4 is 19.5 Å². The normalized spacial score (nSPS) is 14.0. The van der Waals surface area contributed by atoms with Crippen LogP contribution in [0.3, 0.4) is 0 Å². The lowest BCUT2D eigenvalue weighted by Gasteiger charge is -2.13. The van der Waals surface area contributed by atoms with Gasteiger partial charge in [0.1, 0.15) is 6.10 Å². The average Bonchev–Trinajstić information content (AvgIpc) is 3.20. The van der Waals surface area contributed by atoms with E-state index < -0.39 is 0 Å². The molecular formula is C21H26N2O4. The van der Waals surface area contributed by atoms with Crippen LogP contribution in [0.4, 0.5) is 0 Å². The zero-order valence-corrected chi connectivity index (χ0v) is 15.9. The summed E-state index contributed by atoms with van der Waals surface area (Å²) in [4.78, 5) is 16.7. The van der Waals surface area contributed by atoms with E-state index in [1.54, 1.807) is 31.5 Å². The summed E-state index contributed by atoms with van der Waals surface area (Å²) >= 11 is 0. The quantitative estimate of drug-likeness (QED) is 0.766. The van der Waals surface area contributed by atoms with E-state index in [1.807, 2.05) is 19.1 Å². The third kappa shape index (κ3) is 5.12. The number of carbonyl (C=O) groups is 1. The lowest BCUT2D eigenvalue weighted by Crippen LogP contribution is -2.23. The van der Waals surface area contributed by atoms with Crippen LogP contribution in [0, 0.1) is 0 Å². The number of hydrogen-bond acceptors (Lipinski definition) is 5. The van der Waals surface area contributed by atoms with Crippen molar-refractivity contribution < 1.29 is 19.0 Å². The lowest BCUT2D eigenvalue weighted by molar-refractivity contribution is 0.0950. The van der Waals surface area contributed by atoms with Gasteiger partial charge in [-0.25, -0.2) is 4.98 Å². The van der Waals surface area contributed by atoms with Gasteiger partial charge >= 0.3 is 0 Å². The van der Waals surface area contributed by atoms with E-state index in [2.05, 4.69) is 10.3 Å². The molecule has 0 radical (unpaired) electrons. The highest BCUT2D eigenvalue weighted by Gasteiger charge is 2.17. The molecule has 1 saturated carbocycles. The number of hydrogen-bond donors (Lipinski definition) is 1. The highest BCUT2D eigenvalue weighted by molar-refractivity contribution is 5.94. The third-order valence-electron chi connectivity index (χ3n) is 4.57. The largest absolute Gasteiger partial charge is 0.493 e. The Morgan fingerprint density at radius 2 is 2.00 bits per heavy atom. The molecule has 1 N–H and O–H groups in total. The molecule has 1 aromatic heterocycles. The molecule has 1 fully saturated rings. The number of pyridine rings is 1. The molecule has 0 aliphatic heterocycles. The van der Waals surface area contributed by atoms with Gasteiger partial charge in [0.05, 0.1) is 13.7 Å². The highest BCUT2D eigenvalue weighted by Crippen LogP contribution is 2.28. The van der Waals surface area contributed by atoms with Crippen molar-refractivity contribution in [3.8, 4) is 17.4 Å². The molecule has 6 heteroatoms. The Bertz CT molecular complexity index is 773. The smallest absolute Gasteiger partial charge is 0.251 e. The van der Waals surface area contributed by atoms with Crippen LogP contribution in [0.1, 0.15) is 48.5 Å². The molecular weight excluding hydrogens is 344 g/mol. The van der Waals surface area contributed by atoms with E-state index in [0.717, 1.165) is 18.4 Å². The minimum atomic E-state index is -0.175. The monoisotopic (exact) mass is 370 g/mol. The first-order valence-electron chi connectivity index (χ1n) is 9.40. The fourth-order valence-corrected chi connectivity index (χ4v) is 3.17. The standard InChI is InChI=1S/C21H26N2O4/c1-3-26-18-9-8-16(13-19(18)25-2)21(24)23-14-15-10-11-22-20(12-15)27-17-6-4-5-7-17/h8-13,17H,3-7,14H2,1-2H3,(H,23,24). The maximum atomic E-state index is 12.5.